The molecule has 540 valence electrons. The molecule has 0 aromatic rings. The summed E-state index contributed by atoms with van der Waals surface area (Å²) in [4.78, 5) is 0. The van der Waals surface area contributed by atoms with E-state index in [4.69, 9.17) is 0 Å². The van der Waals surface area contributed by atoms with Crippen LogP contribution in [0.1, 0.15) is 388 Å². The van der Waals surface area contributed by atoms with Crippen LogP contribution < -0.4 is 0 Å². The van der Waals surface area contributed by atoms with Gasteiger partial charge < -0.3 is 0 Å². The smallest absolute Gasteiger partial charge is 0.0595 e. The molecule has 0 aromatic heterocycles. The molecule has 0 heterocycles. The summed E-state index contributed by atoms with van der Waals surface area (Å²) >= 11 is 0. The van der Waals surface area contributed by atoms with Gasteiger partial charge in [-0.15, -0.1) is 0 Å². The fraction of sp³-hybridized carbons (Fsp3) is 1.00. The van der Waals surface area contributed by atoms with Gasteiger partial charge in [-0.3, -0.25) is 0 Å². The molecule has 6 heteroatoms. The first-order valence-electron chi connectivity index (χ1n) is 42.3. The Labute approximate surface area is 575 Å². The normalized spacial score (nSPS) is 12.6. The lowest BCUT2D eigenvalue weighted by atomic mass is 10.1. The van der Waals surface area contributed by atoms with Gasteiger partial charge in [0.1, 0.15) is 0 Å². The van der Waals surface area contributed by atoms with Crippen LogP contribution in [0.2, 0.25) is 0 Å². The van der Waals surface area contributed by atoms with Crippen LogP contribution in [0, 0.1) is 0 Å². The van der Waals surface area contributed by atoms with Crippen molar-refractivity contribution in [3.05, 3.63) is 0 Å². The third-order valence-corrected chi connectivity index (χ3v) is 53.8. The first-order valence-corrected chi connectivity index (χ1v) is 57.5. The standard InChI is InChI=1S/C32H70P2.C27H60P2.C24H54P2/c1-7-13-15-17-19-21-29-33(25-9-3,26-10-4)31-23-24-32-34(27-11-5,28-12-6)30-22-20-18-16-14-8-2;1-7-13-22-28(11-5,23-14-8-2)26-20-18-17-19-21-27-29(12-6,24-15-9-3)25-16-10-4;1-7-13-19-25(11-5,20-14-8-2)23-17-18-24-26(12-6,21-15-9-3)22-16-10-4/h7-32H2,1-6H3;7-27H2,1-6H3;7-24H2,1-6H3/q3*+2. The lowest BCUT2D eigenvalue weighted by Gasteiger charge is -2.30. The lowest BCUT2D eigenvalue weighted by Crippen LogP contribution is -2.15. The summed E-state index contributed by atoms with van der Waals surface area (Å²) in [6, 6.07) is 0. The molecule has 0 fully saturated rings. The van der Waals surface area contributed by atoms with Crippen LogP contribution in [0.25, 0.3) is 0 Å². The van der Waals surface area contributed by atoms with Crippen molar-refractivity contribution in [3.8, 4) is 0 Å². The van der Waals surface area contributed by atoms with Crippen LogP contribution in [0.5, 0.6) is 0 Å². The molecule has 0 aliphatic rings. The van der Waals surface area contributed by atoms with E-state index in [0.717, 1.165) is 0 Å². The van der Waals surface area contributed by atoms with E-state index in [9.17, 15) is 0 Å². The van der Waals surface area contributed by atoms with Gasteiger partial charge in [0.15, 0.2) is 0 Å². The van der Waals surface area contributed by atoms with E-state index in [-0.39, 0.29) is 0 Å². The zero-order valence-corrected chi connectivity index (χ0v) is 72.0. The van der Waals surface area contributed by atoms with Gasteiger partial charge in [-0.05, 0) is 182 Å². The Morgan fingerprint density at radius 1 is 0.101 bits per heavy atom. The molecule has 0 N–H and O–H groups in total. The summed E-state index contributed by atoms with van der Waals surface area (Å²) in [5, 5.41) is 0. The van der Waals surface area contributed by atoms with E-state index in [0.29, 0.717) is 0 Å². The van der Waals surface area contributed by atoms with Crippen LogP contribution in [0.15, 0.2) is 0 Å². The van der Waals surface area contributed by atoms with Crippen LogP contribution >= 0.6 is 43.6 Å². The Morgan fingerprint density at radius 2 is 0.225 bits per heavy atom. The lowest BCUT2D eigenvalue weighted by molar-refractivity contribution is 0.624. The first-order chi connectivity index (χ1) is 43.2. The SMILES string of the molecule is CCCCCCCC[P+](CCC)(CCC)CCCC[P+](CCC)(CCC)CCCCCCCC.CCCC[P+](CC)(CCCC)CCCCCCC[P+](CC)(CCCC)CCCC.CCCC[P+](CC)(CCCC)CCCC[P+](CC)(CCCC)CCCC. The van der Waals surface area contributed by atoms with E-state index >= 15 is 0 Å². The van der Waals surface area contributed by atoms with E-state index in [2.05, 4.69) is 125 Å². The van der Waals surface area contributed by atoms with E-state index in [1.807, 2.05) is 0 Å². The van der Waals surface area contributed by atoms with Crippen LogP contribution in [0.3, 0.4) is 0 Å². The number of unbranched alkanes of at least 4 members (excludes halogenated alkanes) is 24. The minimum atomic E-state index is -0.689. The third kappa shape index (κ3) is 50.5. The third-order valence-electron chi connectivity index (χ3n) is 22.6. The molecule has 89 heavy (non-hydrogen) atoms. The highest BCUT2D eigenvalue weighted by Gasteiger charge is 2.40. The fourth-order valence-electron chi connectivity index (χ4n) is 16.1. The maximum atomic E-state index is 2.52. The molecule has 0 bridgehead atoms. The van der Waals surface area contributed by atoms with Gasteiger partial charge in [0.2, 0.25) is 0 Å². The molecule has 0 rings (SSSR count). The number of hydrogen-bond donors (Lipinski definition) is 0. The first kappa shape index (κ1) is 95.8. The maximum absolute atomic E-state index is 2.52. The summed E-state index contributed by atoms with van der Waals surface area (Å²) in [5.74, 6) is 0. The summed E-state index contributed by atoms with van der Waals surface area (Å²) < 4.78 is 0. The number of hydrogen-bond acceptors (Lipinski definition) is 0. The highest BCUT2D eigenvalue weighted by atomic mass is 31.2. The zero-order chi connectivity index (χ0) is 67.0. The van der Waals surface area contributed by atoms with Crippen LogP contribution in [-0.2, 0) is 0 Å². The summed E-state index contributed by atoms with van der Waals surface area (Å²) in [5.41, 5.74) is 0. The monoisotopic (exact) mass is 1370 g/mol. The van der Waals surface area contributed by atoms with Crippen LogP contribution in [0.4, 0.5) is 0 Å². The molecule has 0 atom stereocenters. The molecule has 0 unspecified atom stereocenters. The summed E-state index contributed by atoms with van der Waals surface area (Å²) in [6.07, 6.45) is 98.6. The molecule has 0 saturated heterocycles. The largest absolute Gasteiger partial charge is 0.0654 e. The molecule has 0 amide bonds. The van der Waals surface area contributed by atoms with Gasteiger partial charge in [0.25, 0.3) is 0 Å². The predicted octanol–water partition coefficient (Wildman–Crippen LogP) is 31.4. The highest BCUT2D eigenvalue weighted by Crippen LogP contribution is 2.66. The molecule has 0 aromatic carbocycles. The average molecular weight is 1370 g/mol. The van der Waals surface area contributed by atoms with Crippen molar-refractivity contribution in [1.82, 2.24) is 0 Å². The molecule has 0 saturated carbocycles. The van der Waals surface area contributed by atoms with E-state index in [1.54, 1.807) is 149 Å². The predicted molar refractivity (Wildman–Crippen MR) is 450 cm³/mol. The average Bonchev–Trinajstić information content (AvgIpc) is 3.66. The van der Waals surface area contributed by atoms with Gasteiger partial charge in [0.05, 0.1) is 148 Å². The van der Waals surface area contributed by atoms with Crippen molar-refractivity contribution in [1.29, 1.82) is 0 Å². The van der Waals surface area contributed by atoms with Crippen molar-refractivity contribution in [2.24, 2.45) is 0 Å². The van der Waals surface area contributed by atoms with Gasteiger partial charge in [-0.2, -0.15) is 0 Å². The molecule has 0 radical (unpaired) electrons. The number of rotatable bonds is 68. The van der Waals surface area contributed by atoms with Gasteiger partial charge in [-0.1, -0.05) is 206 Å². The summed E-state index contributed by atoms with van der Waals surface area (Å²) in [7, 11) is -3.87. The van der Waals surface area contributed by atoms with Gasteiger partial charge >= 0.3 is 0 Å². The Kier molecular flexibility index (Phi) is 72.9. The van der Waals surface area contributed by atoms with E-state index < -0.39 is 43.6 Å². The fourth-order valence-corrected chi connectivity index (χ4v) is 44.1. The van der Waals surface area contributed by atoms with Gasteiger partial charge in [0, 0.05) is 43.6 Å². The van der Waals surface area contributed by atoms with Crippen molar-refractivity contribution in [2.75, 3.05) is 148 Å². The highest BCUT2D eigenvalue weighted by molar-refractivity contribution is 7.77. The molecule has 0 aliphatic carbocycles. The van der Waals surface area contributed by atoms with Crippen molar-refractivity contribution in [2.45, 2.75) is 388 Å². The van der Waals surface area contributed by atoms with Crippen molar-refractivity contribution >= 4 is 43.6 Å². The molecular weight excluding hydrogens is 1180 g/mol. The van der Waals surface area contributed by atoms with Crippen molar-refractivity contribution < 1.29 is 0 Å². The minimum absolute atomic E-state index is 0.617. The second-order valence-electron chi connectivity index (χ2n) is 30.3. The van der Waals surface area contributed by atoms with E-state index in [1.165, 1.54) is 262 Å². The zero-order valence-electron chi connectivity index (χ0n) is 66.6. The second-order valence-corrected chi connectivity index (χ2v) is 57.9. The van der Waals surface area contributed by atoms with Crippen molar-refractivity contribution in [3.63, 3.8) is 0 Å². The second kappa shape index (κ2) is 67.7. The Hall–Kier alpha value is 2.58. The molecule has 0 spiro atoms. The van der Waals surface area contributed by atoms with Crippen LogP contribution in [-0.4, -0.2) is 148 Å². The maximum Gasteiger partial charge on any atom is 0.0595 e. The Morgan fingerprint density at radius 3 is 0.371 bits per heavy atom. The summed E-state index contributed by atoms with van der Waals surface area (Å²) in [6.45, 7) is 43.6. The molecule has 0 aliphatic heterocycles. The minimum Gasteiger partial charge on any atom is -0.0654 e. The Balaban J connectivity index is -0.00000126. The molecule has 0 nitrogen and oxygen atoms in total. The topological polar surface area (TPSA) is 0 Å². The Bertz CT molecular complexity index is 1220. The quantitative estimate of drug-likeness (QED) is 0.0421. The van der Waals surface area contributed by atoms with Gasteiger partial charge in [-0.25, -0.2) is 0 Å². The molecular formula is C83H184P6+6.